The van der Waals surface area contributed by atoms with Crippen molar-refractivity contribution in [3.05, 3.63) is 77.4 Å². The van der Waals surface area contributed by atoms with E-state index in [2.05, 4.69) is 15.6 Å². The number of halogens is 1. The van der Waals surface area contributed by atoms with Gasteiger partial charge in [0.15, 0.2) is 35.4 Å². The Morgan fingerprint density at radius 2 is 1.88 bits per heavy atom. The molecule has 4 bridgehead atoms. The number of hydrogen-bond acceptors (Lipinski definition) is 8. The van der Waals surface area contributed by atoms with Crippen LogP contribution in [0.2, 0.25) is 0 Å². The van der Waals surface area contributed by atoms with E-state index in [0.717, 1.165) is 11.8 Å². The number of methoxy groups -OCH3 is 2. The highest BCUT2D eigenvalue weighted by atomic mass is 19.1. The fourth-order valence-electron chi connectivity index (χ4n) is 4.58. The average Bonchev–Trinajstić information content (AvgIpc) is 3.36. The first-order chi connectivity index (χ1) is 19.4. The number of hydrogen-bond donors (Lipinski definition) is 2. The summed E-state index contributed by atoms with van der Waals surface area (Å²) in [6.07, 6.45) is 1.62. The van der Waals surface area contributed by atoms with Gasteiger partial charge >= 0.3 is 0 Å². The summed E-state index contributed by atoms with van der Waals surface area (Å²) < 4.78 is 37.1. The minimum Gasteiger partial charge on any atom is -0.493 e. The average molecular weight is 551 g/mol. The van der Waals surface area contributed by atoms with Gasteiger partial charge < -0.3 is 34.5 Å². The Morgan fingerprint density at radius 3 is 2.65 bits per heavy atom. The lowest BCUT2D eigenvalue weighted by molar-refractivity contribution is -0.123. The van der Waals surface area contributed by atoms with Crippen LogP contribution in [0.25, 0.3) is 0 Å². The molecule has 1 saturated heterocycles. The third-order valence-electron chi connectivity index (χ3n) is 6.65. The van der Waals surface area contributed by atoms with Crippen LogP contribution in [0.15, 0.2) is 54.9 Å². The first-order valence-corrected chi connectivity index (χ1v) is 12.5. The molecule has 0 saturated carbocycles. The topological polar surface area (TPSA) is 128 Å². The highest BCUT2D eigenvalue weighted by Gasteiger charge is 2.39. The molecule has 3 aliphatic heterocycles. The fraction of sp³-hybridized carbons (Fsp3) is 0.286. The Bertz CT molecular complexity index is 1450. The third-order valence-corrected chi connectivity index (χ3v) is 6.65. The maximum absolute atomic E-state index is 14.4. The summed E-state index contributed by atoms with van der Waals surface area (Å²) >= 11 is 0. The number of rotatable bonds is 3. The molecule has 40 heavy (non-hydrogen) atoms. The van der Waals surface area contributed by atoms with Crippen molar-refractivity contribution >= 4 is 17.7 Å². The van der Waals surface area contributed by atoms with Crippen LogP contribution in [0.1, 0.15) is 26.3 Å². The van der Waals surface area contributed by atoms with Crippen LogP contribution in [0.4, 0.5) is 4.39 Å². The lowest BCUT2D eigenvalue weighted by Crippen LogP contribution is -2.45. The van der Waals surface area contributed by atoms with Crippen LogP contribution in [0.3, 0.4) is 0 Å². The van der Waals surface area contributed by atoms with Crippen molar-refractivity contribution in [1.29, 1.82) is 0 Å². The molecule has 0 aliphatic carbocycles. The van der Waals surface area contributed by atoms with Gasteiger partial charge in [0.05, 0.1) is 38.6 Å². The molecule has 1 fully saturated rings. The van der Waals surface area contributed by atoms with Crippen molar-refractivity contribution in [2.24, 2.45) is 0 Å². The van der Waals surface area contributed by atoms with Gasteiger partial charge in [-0.2, -0.15) is 0 Å². The molecule has 0 spiro atoms. The summed E-state index contributed by atoms with van der Waals surface area (Å²) in [7, 11) is 2.93. The van der Waals surface area contributed by atoms with Crippen molar-refractivity contribution in [3.63, 3.8) is 0 Å². The van der Waals surface area contributed by atoms with Gasteiger partial charge in [-0.3, -0.25) is 19.4 Å². The van der Waals surface area contributed by atoms with Gasteiger partial charge in [0.1, 0.15) is 6.10 Å². The van der Waals surface area contributed by atoms with Crippen molar-refractivity contribution in [2.75, 3.05) is 33.9 Å². The van der Waals surface area contributed by atoms with E-state index in [1.165, 1.54) is 37.4 Å². The van der Waals surface area contributed by atoms with Crippen LogP contribution < -0.4 is 29.6 Å². The molecule has 6 rings (SSSR count). The maximum Gasteiger partial charge on any atom is 0.258 e. The molecule has 0 radical (unpaired) electrons. The van der Waals surface area contributed by atoms with Gasteiger partial charge in [-0.15, -0.1) is 0 Å². The quantitative estimate of drug-likeness (QED) is 0.507. The Balaban J connectivity index is 1.49. The zero-order valence-corrected chi connectivity index (χ0v) is 21.8. The van der Waals surface area contributed by atoms with E-state index in [9.17, 15) is 18.8 Å². The number of pyridine rings is 1. The number of benzene rings is 2. The third kappa shape index (κ3) is 5.60. The molecule has 11 nitrogen and oxygen atoms in total. The molecular weight excluding hydrogens is 523 g/mol. The van der Waals surface area contributed by atoms with Crippen LogP contribution in [-0.4, -0.2) is 73.7 Å². The summed E-state index contributed by atoms with van der Waals surface area (Å²) in [4.78, 5) is 44.1. The zero-order chi connectivity index (χ0) is 28.2. The van der Waals surface area contributed by atoms with E-state index < -0.39 is 29.8 Å². The minimum atomic E-state index is -0.742. The van der Waals surface area contributed by atoms with E-state index >= 15 is 0 Å². The van der Waals surface area contributed by atoms with E-state index in [-0.39, 0.29) is 49.0 Å². The first-order valence-electron chi connectivity index (χ1n) is 12.5. The molecular formula is C28H27FN4O7. The number of nitrogens with one attached hydrogen (secondary N) is 2. The summed E-state index contributed by atoms with van der Waals surface area (Å²) in [6.45, 7) is 0.0494. The number of likely N-dealkylation sites (tertiary alicyclic amines) is 1. The number of ether oxygens (including phenoxy) is 4. The highest BCUT2D eigenvalue weighted by molar-refractivity contribution is 5.96. The van der Waals surface area contributed by atoms with E-state index in [1.54, 1.807) is 30.3 Å². The van der Waals surface area contributed by atoms with Crippen LogP contribution in [0, 0.1) is 5.82 Å². The van der Waals surface area contributed by atoms with Crippen molar-refractivity contribution in [3.8, 4) is 23.0 Å². The second kappa shape index (κ2) is 11.5. The molecule has 4 heterocycles. The molecule has 0 unspecified atom stereocenters. The molecule has 208 valence electrons. The molecule has 1 aromatic heterocycles. The normalized spacial score (nSPS) is 18.9. The second-order valence-electron chi connectivity index (χ2n) is 9.22. The molecule has 12 heteroatoms. The van der Waals surface area contributed by atoms with Gasteiger partial charge in [-0.25, -0.2) is 4.39 Å². The maximum atomic E-state index is 14.4. The van der Waals surface area contributed by atoms with E-state index in [1.807, 2.05) is 0 Å². The Labute approximate surface area is 229 Å². The van der Waals surface area contributed by atoms with Gasteiger partial charge in [-0.05, 0) is 42.0 Å². The van der Waals surface area contributed by atoms with Crippen LogP contribution >= 0.6 is 0 Å². The van der Waals surface area contributed by atoms with Gasteiger partial charge in [0, 0.05) is 24.8 Å². The van der Waals surface area contributed by atoms with Crippen molar-refractivity contribution in [2.45, 2.75) is 18.7 Å². The molecule has 3 amide bonds. The molecule has 2 N–H and O–H groups in total. The Kier molecular flexibility index (Phi) is 7.67. The number of carbonyl (C=O) groups is 3. The summed E-state index contributed by atoms with van der Waals surface area (Å²) in [5.74, 6) is -0.786. The van der Waals surface area contributed by atoms with Crippen molar-refractivity contribution < 1.29 is 37.7 Å². The standard InChI is InChI=1S/C28H27FN4O7/c1-37-21-6-4-17-10-24(21)39-15-26(34)31-11-16-3-5-22(23(9-16)38-2)40-25-14-33(13-20(25)32-27(17)35)28(36)18-7-8-30-12-19(18)29/h3-10,12,20,25H,11,13-15H2,1-2H3,(H,31,34)(H,32,35)/t20-,25-/m0/s1. The number of amides is 3. The molecule has 3 aliphatic rings. The number of carbonyl (C=O) groups excluding carboxylic acids is 3. The zero-order valence-electron chi connectivity index (χ0n) is 21.8. The predicted molar refractivity (Wildman–Crippen MR) is 139 cm³/mol. The van der Waals surface area contributed by atoms with Gasteiger partial charge in [0.2, 0.25) is 0 Å². The Hall–Kier alpha value is -4.87. The fourth-order valence-corrected chi connectivity index (χ4v) is 4.58. The largest absolute Gasteiger partial charge is 0.493 e. The Morgan fingerprint density at radius 1 is 1.05 bits per heavy atom. The second-order valence-corrected chi connectivity index (χ2v) is 9.22. The monoisotopic (exact) mass is 550 g/mol. The van der Waals surface area contributed by atoms with Crippen LogP contribution in [-0.2, 0) is 11.3 Å². The molecule has 3 aromatic rings. The summed E-state index contributed by atoms with van der Waals surface area (Å²) in [6, 6.07) is 10.4. The summed E-state index contributed by atoms with van der Waals surface area (Å²) in [5, 5.41) is 5.70. The minimum absolute atomic E-state index is 0.0648. The van der Waals surface area contributed by atoms with Gasteiger partial charge in [-0.1, -0.05) is 6.07 Å². The highest BCUT2D eigenvalue weighted by Crippen LogP contribution is 2.32. The summed E-state index contributed by atoms with van der Waals surface area (Å²) in [5.41, 5.74) is 0.865. The van der Waals surface area contributed by atoms with E-state index in [4.69, 9.17) is 18.9 Å². The van der Waals surface area contributed by atoms with E-state index in [0.29, 0.717) is 17.2 Å². The van der Waals surface area contributed by atoms with Crippen LogP contribution in [0.5, 0.6) is 23.0 Å². The number of fused-ring (bicyclic) bond motifs is 7. The van der Waals surface area contributed by atoms with Crippen molar-refractivity contribution in [1.82, 2.24) is 20.5 Å². The lowest BCUT2D eigenvalue weighted by Gasteiger charge is -2.22. The first kappa shape index (κ1) is 26.7. The lowest BCUT2D eigenvalue weighted by atomic mass is 10.1. The smallest absolute Gasteiger partial charge is 0.258 e. The molecule has 2 aromatic carbocycles. The van der Waals surface area contributed by atoms with Gasteiger partial charge in [0.25, 0.3) is 17.7 Å². The number of nitrogens with zero attached hydrogens (tertiary/aromatic N) is 2. The predicted octanol–water partition coefficient (Wildman–Crippen LogP) is 1.95. The molecule has 2 atom stereocenters. The number of aromatic nitrogens is 1. The SMILES string of the molecule is COc1ccc2cc1OCC(=O)NCc1ccc(c(OC)c1)O[C@H]1CN(C(=O)c3ccncc3F)C[C@@H]1NC2=O.